The molecule has 30 heavy (non-hydrogen) atoms. The second-order valence-corrected chi connectivity index (χ2v) is 6.46. The molecule has 0 heterocycles. The van der Waals surface area contributed by atoms with Crippen molar-refractivity contribution in [2.45, 2.75) is 13.2 Å². The van der Waals surface area contributed by atoms with Crippen molar-refractivity contribution in [1.29, 1.82) is 5.26 Å². The number of methoxy groups -OCH3 is 1. The second-order valence-electron chi connectivity index (χ2n) is 6.46. The summed E-state index contributed by atoms with van der Waals surface area (Å²) in [5.74, 6) is 1.45. The summed E-state index contributed by atoms with van der Waals surface area (Å²) in [7, 11) is 1.58. The van der Waals surface area contributed by atoms with E-state index in [1.807, 2.05) is 54.6 Å². The first-order chi connectivity index (χ1) is 14.7. The average Bonchev–Trinajstić information content (AvgIpc) is 2.81. The highest BCUT2D eigenvalue weighted by molar-refractivity contribution is 5.77. The molecule has 0 atom stereocenters. The summed E-state index contributed by atoms with van der Waals surface area (Å²) in [4.78, 5) is 12.1. The van der Waals surface area contributed by atoms with E-state index < -0.39 is 0 Å². The Morgan fingerprint density at radius 2 is 1.77 bits per heavy atom. The van der Waals surface area contributed by atoms with Crippen molar-refractivity contribution in [1.82, 2.24) is 5.32 Å². The van der Waals surface area contributed by atoms with E-state index >= 15 is 0 Å². The summed E-state index contributed by atoms with van der Waals surface area (Å²) in [6.07, 6.45) is 0. The summed E-state index contributed by atoms with van der Waals surface area (Å²) < 4.78 is 16.7. The number of carbonyl (C=O) groups excluding carboxylic acids is 1. The number of rotatable bonds is 9. The molecular weight excluding hydrogens is 380 g/mol. The number of carbonyl (C=O) groups is 1. The molecule has 0 aliphatic rings. The highest BCUT2D eigenvalue weighted by Gasteiger charge is 2.08. The van der Waals surface area contributed by atoms with Gasteiger partial charge in [0.15, 0.2) is 18.1 Å². The van der Waals surface area contributed by atoms with Gasteiger partial charge >= 0.3 is 0 Å². The van der Waals surface area contributed by atoms with Crippen LogP contribution in [0.1, 0.15) is 16.7 Å². The van der Waals surface area contributed by atoms with Crippen LogP contribution in [-0.4, -0.2) is 19.6 Å². The molecule has 3 aromatic carbocycles. The van der Waals surface area contributed by atoms with Crippen molar-refractivity contribution in [3.05, 3.63) is 89.5 Å². The summed E-state index contributed by atoms with van der Waals surface area (Å²) in [6, 6.07) is 24.1. The van der Waals surface area contributed by atoms with Crippen LogP contribution in [0.4, 0.5) is 0 Å². The van der Waals surface area contributed by atoms with Crippen LogP contribution in [0, 0.1) is 11.3 Å². The van der Waals surface area contributed by atoms with Crippen LogP contribution in [0.25, 0.3) is 0 Å². The fraction of sp³-hybridized carbons (Fsp3) is 0.167. The molecule has 0 spiro atoms. The quantitative estimate of drug-likeness (QED) is 0.588. The standard InChI is InChI=1S/C24H22N2O4/c1-28-23-13-20(10-11-22(23)30-16-18-6-3-2-4-7-18)15-26-24(27)17-29-21-9-5-8-19(12-21)14-25/h2-13H,15-17H2,1H3,(H,26,27). The minimum absolute atomic E-state index is 0.135. The molecule has 3 aromatic rings. The van der Waals surface area contributed by atoms with E-state index in [1.54, 1.807) is 31.4 Å². The van der Waals surface area contributed by atoms with Gasteiger partial charge < -0.3 is 19.5 Å². The van der Waals surface area contributed by atoms with Crippen molar-refractivity contribution >= 4 is 5.91 Å². The Bertz CT molecular complexity index is 1030. The lowest BCUT2D eigenvalue weighted by Crippen LogP contribution is -2.28. The van der Waals surface area contributed by atoms with Crippen LogP contribution < -0.4 is 19.5 Å². The predicted octanol–water partition coefficient (Wildman–Crippen LogP) is 3.84. The summed E-state index contributed by atoms with van der Waals surface area (Å²) >= 11 is 0. The molecular formula is C24H22N2O4. The van der Waals surface area contributed by atoms with Crippen molar-refractivity contribution < 1.29 is 19.0 Å². The maximum absolute atomic E-state index is 12.1. The zero-order chi connectivity index (χ0) is 21.2. The summed E-state index contributed by atoms with van der Waals surface area (Å²) in [5, 5.41) is 11.7. The summed E-state index contributed by atoms with van der Waals surface area (Å²) in [6.45, 7) is 0.637. The van der Waals surface area contributed by atoms with Gasteiger partial charge in [-0.15, -0.1) is 0 Å². The Morgan fingerprint density at radius 3 is 2.53 bits per heavy atom. The third-order valence-electron chi connectivity index (χ3n) is 4.29. The van der Waals surface area contributed by atoms with Crippen LogP contribution in [0.5, 0.6) is 17.2 Å². The van der Waals surface area contributed by atoms with E-state index in [4.69, 9.17) is 19.5 Å². The monoisotopic (exact) mass is 402 g/mol. The van der Waals surface area contributed by atoms with Crippen LogP contribution in [0.3, 0.4) is 0 Å². The van der Waals surface area contributed by atoms with Gasteiger partial charge in [-0.05, 0) is 41.5 Å². The first-order valence-electron chi connectivity index (χ1n) is 9.41. The van der Waals surface area contributed by atoms with Gasteiger partial charge in [0.1, 0.15) is 12.4 Å². The van der Waals surface area contributed by atoms with Gasteiger partial charge in [-0.25, -0.2) is 0 Å². The van der Waals surface area contributed by atoms with Crippen molar-refractivity contribution in [2.75, 3.05) is 13.7 Å². The van der Waals surface area contributed by atoms with Gasteiger partial charge in [0.05, 0.1) is 18.7 Å². The van der Waals surface area contributed by atoms with Crippen LogP contribution in [-0.2, 0) is 17.9 Å². The minimum atomic E-state index is -0.263. The molecule has 0 fully saturated rings. The van der Waals surface area contributed by atoms with Gasteiger partial charge in [0.2, 0.25) is 0 Å². The van der Waals surface area contributed by atoms with Crippen LogP contribution in [0.15, 0.2) is 72.8 Å². The van der Waals surface area contributed by atoms with Gasteiger partial charge in [0, 0.05) is 6.54 Å². The van der Waals surface area contributed by atoms with Gasteiger partial charge in [0.25, 0.3) is 5.91 Å². The van der Waals surface area contributed by atoms with Crippen LogP contribution in [0.2, 0.25) is 0 Å². The number of hydrogen-bond donors (Lipinski definition) is 1. The summed E-state index contributed by atoms with van der Waals surface area (Å²) in [5.41, 5.74) is 2.42. The number of nitrogens with one attached hydrogen (secondary N) is 1. The lowest BCUT2D eigenvalue weighted by Gasteiger charge is -2.13. The molecule has 0 saturated carbocycles. The number of nitriles is 1. The van der Waals surface area contributed by atoms with E-state index in [0.717, 1.165) is 11.1 Å². The highest BCUT2D eigenvalue weighted by Crippen LogP contribution is 2.28. The molecule has 0 saturated heterocycles. The molecule has 1 amide bonds. The fourth-order valence-corrected chi connectivity index (χ4v) is 2.73. The molecule has 152 valence electrons. The normalized spacial score (nSPS) is 10.0. The smallest absolute Gasteiger partial charge is 0.258 e. The Labute approximate surface area is 175 Å². The zero-order valence-corrected chi connectivity index (χ0v) is 16.6. The predicted molar refractivity (Wildman–Crippen MR) is 112 cm³/mol. The molecule has 3 rings (SSSR count). The lowest BCUT2D eigenvalue weighted by atomic mass is 10.2. The van der Waals surface area contributed by atoms with Gasteiger partial charge in [-0.3, -0.25) is 4.79 Å². The number of amides is 1. The molecule has 1 N–H and O–H groups in total. The maximum atomic E-state index is 12.1. The van der Waals surface area contributed by atoms with E-state index in [2.05, 4.69) is 5.32 Å². The SMILES string of the molecule is COc1cc(CNC(=O)COc2cccc(C#N)c2)ccc1OCc1ccccc1. The molecule has 6 nitrogen and oxygen atoms in total. The van der Waals surface area contributed by atoms with E-state index in [0.29, 0.717) is 36.0 Å². The largest absolute Gasteiger partial charge is 0.493 e. The average molecular weight is 402 g/mol. The third-order valence-corrected chi connectivity index (χ3v) is 4.29. The van der Waals surface area contributed by atoms with Crippen molar-refractivity contribution in [3.8, 4) is 23.3 Å². The van der Waals surface area contributed by atoms with Crippen molar-refractivity contribution in [3.63, 3.8) is 0 Å². The number of ether oxygens (including phenoxy) is 3. The molecule has 0 unspecified atom stereocenters. The topological polar surface area (TPSA) is 80.6 Å². The Kier molecular flexibility index (Phi) is 7.28. The molecule has 0 bridgehead atoms. The Morgan fingerprint density at radius 1 is 0.933 bits per heavy atom. The van der Waals surface area contributed by atoms with Gasteiger partial charge in [-0.1, -0.05) is 42.5 Å². The molecule has 0 radical (unpaired) electrons. The first-order valence-corrected chi connectivity index (χ1v) is 9.41. The minimum Gasteiger partial charge on any atom is -0.493 e. The number of nitrogens with zero attached hydrogens (tertiary/aromatic N) is 1. The van der Waals surface area contributed by atoms with E-state index in [-0.39, 0.29) is 12.5 Å². The zero-order valence-electron chi connectivity index (χ0n) is 16.6. The highest BCUT2D eigenvalue weighted by atomic mass is 16.5. The number of benzene rings is 3. The van der Waals surface area contributed by atoms with E-state index in [1.165, 1.54) is 0 Å². The van der Waals surface area contributed by atoms with Gasteiger partial charge in [-0.2, -0.15) is 5.26 Å². The van der Waals surface area contributed by atoms with Crippen LogP contribution >= 0.6 is 0 Å². The third kappa shape index (κ3) is 6.01. The van der Waals surface area contributed by atoms with E-state index in [9.17, 15) is 4.79 Å². The Balaban J connectivity index is 1.51. The molecule has 0 aromatic heterocycles. The van der Waals surface area contributed by atoms with Crippen molar-refractivity contribution in [2.24, 2.45) is 0 Å². The molecule has 6 heteroatoms. The molecule has 0 aliphatic carbocycles. The molecule has 0 aliphatic heterocycles. The first kappa shape index (κ1) is 20.7. The Hall–Kier alpha value is -3.98. The fourth-order valence-electron chi connectivity index (χ4n) is 2.73. The number of hydrogen-bond acceptors (Lipinski definition) is 5. The lowest BCUT2D eigenvalue weighted by molar-refractivity contribution is -0.123. The second kappa shape index (κ2) is 10.5. The maximum Gasteiger partial charge on any atom is 0.258 e.